The van der Waals surface area contributed by atoms with Gasteiger partial charge < -0.3 is 25.7 Å². The van der Waals surface area contributed by atoms with Crippen LogP contribution in [0.15, 0.2) is 97.1 Å². The SMILES string of the molecule is O=C(Nc1ccc(Nc2c3ccccc3nc3c2[nH]c2ccccc23)cc1)c1ccc(B(O)O)cc1. The van der Waals surface area contributed by atoms with Gasteiger partial charge in [-0.1, -0.05) is 48.5 Å². The van der Waals surface area contributed by atoms with Crippen LogP contribution in [0.2, 0.25) is 0 Å². The van der Waals surface area contributed by atoms with E-state index in [1.807, 2.05) is 66.7 Å². The number of rotatable bonds is 5. The van der Waals surface area contributed by atoms with Gasteiger partial charge in [0.05, 0.1) is 22.2 Å². The highest BCUT2D eigenvalue weighted by Crippen LogP contribution is 2.36. The smallest absolute Gasteiger partial charge is 0.423 e. The van der Waals surface area contributed by atoms with E-state index in [4.69, 9.17) is 4.98 Å². The average molecular weight is 472 g/mol. The molecule has 1 amide bonds. The molecule has 0 aliphatic heterocycles. The molecule has 0 spiro atoms. The van der Waals surface area contributed by atoms with Gasteiger partial charge in [0, 0.05) is 33.2 Å². The quantitative estimate of drug-likeness (QED) is 0.237. The third-order valence-corrected chi connectivity index (χ3v) is 6.22. The lowest BCUT2D eigenvalue weighted by atomic mass is 9.80. The van der Waals surface area contributed by atoms with E-state index < -0.39 is 7.12 Å². The second-order valence-electron chi connectivity index (χ2n) is 8.55. The molecule has 0 bridgehead atoms. The van der Waals surface area contributed by atoms with Crippen LogP contribution in [0.25, 0.3) is 32.8 Å². The first-order valence-electron chi connectivity index (χ1n) is 11.5. The van der Waals surface area contributed by atoms with Gasteiger partial charge in [-0.05, 0) is 54.0 Å². The van der Waals surface area contributed by atoms with Gasteiger partial charge in [0.15, 0.2) is 0 Å². The van der Waals surface area contributed by atoms with Crippen molar-refractivity contribution in [2.24, 2.45) is 0 Å². The lowest BCUT2D eigenvalue weighted by Crippen LogP contribution is -2.29. The van der Waals surface area contributed by atoms with E-state index in [2.05, 4.69) is 21.7 Å². The lowest BCUT2D eigenvalue weighted by molar-refractivity contribution is 0.102. The van der Waals surface area contributed by atoms with Crippen LogP contribution in [0, 0.1) is 0 Å². The van der Waals surface area contributed by atoms with Crippen LogP contribution in [0.1, 0.15) is 10.4 Å². The maximum Gasteiger partial charge on any atom is 0.488 e. The van der Waals surface area contributed by atoms with Gasteiger partial charge in [-0.2, -0.15) is 0 Å². The average Bonchev–Trinajstić information content (AvgIpc) is 3.28. The molecule has 7 nitrogen and oxygen atoms in total. The molecule has 0 unspecified atom stereocenters. The molecule has 0 saturated heterocycles. The summed E-state index contributed by atoms with van der Waals surface area (Å²) < 4.78 is 0. The number of carbonyl (C=O) groups excluding carboxylic acids is 1. The molecule has 174 valence electrons. The summed E-state index contributed by atoms with van der Waals surface area (Å²) >= 11 is 0. The fourth-order valence-electron chi connectivity index (χ4n) is 4.38. The standard InChI is InChI=1S/C28H21BN4O3/c34-28(17-9-11-18(12-10-17)29(35)36)31-20-15-13-19(14-16-20)30-25-21-5-1-3-7-23(21)32-26-22-6-2-4-8-24(22)33-27(25)26/h1-16,33,35-36H,(H,30,32)(H,31,34). The van der Waals surface area contributed by atoms with E-state index in [0.717, 1.165) is 44.2 Å². The Morgan fingerprint density at radius 3 is 2.19 bits per heavy atom. The molecular formula is C28H21BN4O3. The van der Waals surface area contributed by atoms with E-state index in [1.165, 1.54) is 12.1 Å². The van der Waals surface area contributed by atoms with Gasteiger partial charge in [0.25, 0.3) is 5.91 Å². The highest BCUT2D eigenvalue weighted by molar-refractivity contribution is 6.58. The van der Waals surface area contributed by atoms with Gasteiger partial charge in [0.1, 0.15) is 0 Å². The van der Waals surface area contributed by atoms with Crippen LogP contribution in [0.4, 0.5) is 17.1 Å². The van der Waals surface area contributed by atoms with Crippen LogP contribution in [-0.4, -0.2) is 33.0 Å². The zero-order chi connectivity index (χ0) is 24.6. The molecule has 0 atom stereocenters. The van der Waals surface area contributed by atoms with Crippen molar-refractivity contribution in [3.63, 3.8) is 0 Å². The van der Waals surface area contributed by atoms with E-state index >= 15 is 0 Å². The van der Waals surface area contributed by atoms with Crippen molar-refractivity contribution in [2.45, 2.75) is 0 Å². The molecule has 0 saturated carbocycles. The first-order chi connectivity index (χ1) is 17.6. The first kappa shape index (κ1) is 21.9. The van der Waals surface area contributed by atoms with Gasteiger partial charge in [-0.15, -0.1) is 0 Å². The number of pyridine rings is 1. The Hall–Kier alpha value is -4.66. The monoisotopic (exact) mass is 472 g/mol. The number of hydrogen-bond donors (Lipinski definition) is 5. The molecule has 0 radical (unpaired) electrons. The molecule has 4 aromatic carbocycles. The largest absolute Gasteiger partial charge is 0.488 e. The summed E-state index contributed by atoms with van der Waals surface area (Å²) in [4.78, 5) is 21.0. The summed E-state index contributed by atoms with van der Waals surface area (Å²) in [5, 5.41) is 26.9. The molecule has 5 N–H and O–H groups in total. The highest BCUT2D eigenvalue weighted by atomic mass is 16.4. The number of nitrogens with zero attached hydrogens (tertiary/aromatic N) is 1. The molecule has 0 aliphatic rings. The molecule has 6 aromatic rings. The number of amides is 1. The summed E-state index contributed by atoms with van der Waals surface area (Å²) in [7, 11) is -1.56. The third kappa shape index (κ3) is 3.94. The second-order valence-corrected chi connectivity index (χ2v) is 8.55. The number of benzene rings is 4. The summed E-state index contributed by atoms with van der Waals surface area (Å²) in [6.07, 6.45) is 0. The molecule has 0 aliphatic carbocycles. The van der Waals surface area contributed by atoms with Crippen LogP contribution in [0.3, 0.4) is 0 Å². The van der Waals surface area contributed by atoms with Crippen LogP contribution >= 0.6 is 0 Å². The minimum Gasteiger partial charge on any atom is -0.423 e. The Kier molecular flexibility index (Phi) is 5.37. The van der Waals surface area contributed by atoms with E-state index in [9.17, 15) is 14.8 Å². The number of para-hydroxylation sites is 2. The molecule has 2 aromatic heterocycles. The van der Waals surface area contributed by atoms with Gasteiger partial charge in [-0.25, -0.2) is 4.98 Å². The normalized spacial score (nSPS) is 11.2. The Labute approximate surface area is 206 Å². The van der Waals surface area contributed by atoms with Gasteiger partial charge >= 0.3 is 7.12 Å². The number of H-pyrrole nitrogens is 1. The summed E-state index contributed by atoms with van der Waals surface area (Å²) in [5.74, 6) is -0.283. The zero-order valence-corrected chi connectivity index (χ0v) is 19.1. The minimum atomic E-state index is -1.56. The molecule has 0 fully saturated rings. The van der Waals surface area contributed by atoms with Gasteiger partial charge in [0.2, 0.25) is 0 Å². The fourth-order valence-corrected chi connectivity index (χ4v) is 4.38. The van der Waals surface area contributed by atoms with Crippen molar-refractivity contribution in [1.82, 2.24) is 9.97 Å². The van der Waals surface area contributed by atoms with E-state index in [1.54, 1.807) is 12.1 Å². The Bertz CT molecular complexity index is 1730. The predicted molar refractivity (Wildman–Crippen MR) is 145 cm³/mol. The van der Waals surface area contributed by atoms with Crippen molar-refractivity contribution in [3.8, 4) is 0 Å². The van der Waals surface area contributed by atoms with E-state index in [-0.39, 0.29) is 5.91 Å². The Morgan fingerprint density at radius 1 is 0.778 bits per heavy atom. The number of aromatic nitrogens is 2. The Morgan fingerprint density at radius 2 is 1.44 bits per heavy atom. The molecule has 8 heteroatoms. The van der Waals surface area contributed by atoms with Gasteiger partial charge in [-0.3, -0.25) is 4.79 Å². The third-order valence-electron chi connectivity index (χ3n) is 6.22. The number of aromatic amines is 1. The summed E-state index contributed by atoms with van der Waals surface area (Å²) in [6.45, 7) is 0. The highest BCUT2D eigenvalue weighted by Gasteiger charge is 2.15. The fraction of sp³-hybridized carbons (Fsp3) is 0. The van der Waals surface area contributed by atoms with Crippen molar-refractivity contribution >= 4 is 68.4 Å². The summed E-state index contributed by atoms with van der Waals surface area (Å²) in [6, 6.07) is 29.8. The van der Waals surface area contributed by atoms with Crippen LogP contribution < -0.4 is 16.1 Å². The second kappa shape index (κ2) is 8.85. The maximum absolute atomic E-state index is 12.6. The van der Waals surface area contributed by atoms with Crippen molar-refractivity contribution in [2.75, 3.05) is 10.6 Å². The molecule has 6 rings (SSSR count). The molecule has 2 heterocycles. The van der Waals surface area contributed by atoms with Crippen LogP contribution in [-0.2, 0) is 0 Å². The number of fused-ring (bicyclic) bond motifs is 4. The van der Waals surface area contributed by atoms with Crippen molar-refractivity contribution in [1.29, 1.82) is 0 Å². The van der Waals surface area contributed by atoms with E-state index in [0.29, 0.717) is 16.7 Å². The maximum atomic E-state index is 12.6. The van der Waals surface area contributed by atoms with Crippen LogP contribution in [0.5, 0.6) is 0 Å². The van der Waals surface area contributed by atoms with Crippen molar-refractivity contribution < 1.29 is 14.8 Å². The van der Waals surface area contributed by atoms with Crippen molar-refractivity contribution in [3.05, 3.63) is 103 Å². The molecular weight excluding hydrogens is 451 g/mol. The number of hydrogen-bond acceptors (Lipinski definition) is 5. The number of carbonyl (C=O) groups is 1. The lowest BCUT2D eigenvalue weighted by Gasteiger charge is -2.12. The zero-order valence-electron chi connectivity index (χ0n) is 19.1. The summed E-state index contributed by atoms with van der Waals surface area (Å²) in [5.41, 5.74) is 6.98. The first-order valence-corrected chi connectivity index (χ1v) is 11.5. The topological polar surface area (TPSA) is 110 Å². The molecule has 36 heavy (non-hydrogen) atoms. The Balaban J connectivity index is 1.30. The predicted octanol–water partition coefficient (Wildman–Crippen LogP) is 4.55. The number of anilines is 3. The number of nitrogens with one attached hydrogen (secondary N) is 3. The minimum absolute atomic E-state index is 0.283.